The maximum absolute atomic E-state index is 12.4. The molecule has 1 fully saturated rings. The summed E-state index contributed by atoms with van der Waals surface area (Å²) in [5.74, 6) is 0.754. The topological polar surface area (TPSA) is 45.2 Å². The molecule has 0 aliphatic carbocycles. The van der Waals surface area contributed by atoms with Gasteiger partial charge in [-0.3, -0.25) is 15.0 Å². The van der Waals surface area contributed by atoms with E-state index in [2.05, 4.69) is 27.5 Å². The average Bonchev–Trinajstić information content (AvgIpc) is 2.96. The predicted molar refractivity (Wildman–Crippen MR) is 99.7 cm³/mol. The molecule has 1 amide bonds. The fraction of sp³-hybridized carbons (Fsp3) is 0.474. The van der Waals surface area contributed by atoms with Crippen LogP contribution in [0, 0.1) is 19.8 Å². The molecule has 1 aliphatic heterocycles. The van der Waals surface area contributed by atoms with Crippen LogP contribution >= 0.6 is 11.3 Å². The Balaban J connectivity index is 1.60. The predicted octanol–water partition coefficient (Wildman–Crippen LogP) is 4.24. The number of aryl methyl sites for hydroxylation is 2. The minimum absolute atomic E-state index is 0.0832. The third-order valence-electron chi connectivity index (χ3n) is 4.66. The zero-order chi connectivity index (χ0) is 17.1. The number of carbonyl (C=O) groups is 1. The van der Waals surface area contributed by atoms with Crippen LogP contribution < -0.4 is 5.32 Å². The molecule has 0 bridgehead atoms. The Kier molecular flexibility index (Phi) is 5.31. The van der Waals surface area contributed by atoms with Crippen molar-refractivity contribution < 1.29 is 4.79 Å². The van der Waals surface area contributed by atoms with Crippen LogP contribution in [-0.2, 0) is 6.54 Å². The van der Waals surface area contributed by atoms with E-state index < -0.39 is 0 Å². The number of anilines is 1. The number of benzene rings is 1. The second-order valence-electron chi connectivity index (χ2n) is 6.88. The second-order valence-corrected chi connectivity index (χ2v) is 7.73. The van der Waals surface area contributed by atoms with E-state index in [1.54, 1.807) is 0 Å². The summed E-state index contributed by atoms with van der Waals surface area (Å²) in [4.78, 5) is 19.5. The van der Waals surface area contributed by atoms with Crippen molar-refractivity contribution in [3.05, 3.63) is 46.0 Å². The van der Waals surface area contributed by atoms with Gasteiger partial charge >= 0.3 is 0 Å². The van der Waals surface area contributed by atoms with Gasteiger partial charge in [0.25, 0.3) is 5.91 Å². The Morgan fingerprint density at radius 2 is 2.08 bits per heavy atom. The number of hydrogen-bond acceptors (Lipinski definition) is 4. The molecule has 1 aromatic heterocycles. The number of rotatable bonds is 4. The smallest absolute Gasteiger partial charge is 0.257 e. The molecule has 128 valence electrons. The van der Waals surface area contributed by atoms with Gasteiger partial charge in [-0.25, -0.2) is 4.98 Å². The summed E-state index contributed by atoms with van der Waals surface area (Å²) in [6, 6.07) is 5.87. The van der Waals surface area contributed by atoms with Gasteiger partial charge in [0.1, 0.15) is 0 Å². The number of carbonyl (C=O) groups excluding carboxylic acids is 1. The Hall–Kier alpha value is -1.72. The fourth-order valence-electron chi connectivity index (χ4n) is 3.12. The van der Waals surface area contributed by atoms with Gasteiger partial charge in [0.05, 0.1) is 5.69 Å². The molecule has 1 N–H and O–H groups in total. The van der Waals surface area contributed by atoms with Gasteiger partial charge in [-0.1, -0.05) is 24.6 Å². The maximum atomic E-state index is 12.4. The van der Waals surface area contributed by atoms with Gasteiger partial charge in [-0.15, -0.1) is 11.3 Å². The molecular weight excluding hydrogens is 318 g/mol. The third kappa shape index (κ3) is 4.22. The summed E-state index contributed by atoms with van der Waals surface area (Å²) in [7, 11) is 0. The van der Waals surface area contributed by atoms with Crippen LogP contribution in [0.15, 0.2) is 23.6 Å². The van der Waals surface area contributed by atoms with Gasteiger partial charge in [0.2, 0.25) is 0 Å². The average molecular weight is 343 g/mol. The van der Waals surface area contributed by atoms with Crippen LogP contribution in [0.1, 0.15) is 46.9 Å². The van der Waals surface area contributed by atoms with Crippen molar-refractivity contribution in [2.24, 2.45) is 5.92 Å². The lowest BCUT2D eigenvalue weighted by Crippen LogP contribution is -2.32. The van der Waals surface area contributed by atoms with Gasteiger partial charge in [0.15, 0.2) is 5.13 Å². The molecule has 5 heteroatoms. The SMILES string of the molecule is Cc1ccc(C(=O)Nc2nc(CN3CCC(C)CC3)cs2)c(C)c1. The molecule has 0 radical (unpaired) electrons. The number of aromatic nitrogens is 1. The lowest BCUT2D eigenvalue weighted by Gasteiger charge is -2.29. The number of nitrogens with zero attached hydrogens (tertiary/aromatic N) is 2. The van der Waals surface area contributed by atoms with Crippen LogP contribution in [0.2, 0.25) is 0 Å². The highest BCUT2D eigenvalue weighted by Crippen LogP contribution is 2.22. The van der Waals surface area contributed by atoms with E-state index in [4.69, 9.17) is 0 Å². The molecule has 0 atom stereocenters. The Morgan fingerprint density at radius 3 is 2.79 bits per heavy atom. The van der Waals surface area contributed by atoms with E-state index in [1.807, 2.05) is 32.0 Å². The second kappa shape index (κ2) is 7.45. The summed E-state index contributed by atoms with van der Waals surface area (Å²) in [5.41, 5.74) is 3.91. The molecule has 2 aromatic rings. The Labute approximate surface area is 147 Å². The maximum Gasteiger partial charge on any atom is 0.257 e. The van der Waals surface area contributed by atoms with Gasteiger partial charge < -0.3 is 0 Å². The number of thiazole rings is 1. The summed E-state index contributed by atoms with van der Waals surface area (Å²) >= 11 is 1.50. The van der Waals surface area contributed by atoms with E-state index in [-0.39, 0.29) is 5.91 Å². The highest BCUT2D eigenvalue weighted by molar-refractivity contribution is 7.13. The van der Waals surface area contributed by atoms with Crippen molar-refractivity contribution in [2.45, 2.75) is 40.2 Å². The first kappa shape index (κ1) is 17.1. The molecule has 1 aromatic carbocycles. The molecule has 24 heavy (non-hydrogen) atoms. The number of hydrogen-bond donors (Lipinski definition) is 1. The molecule has 2 heterocycles. The van der Waals surface area contributed by atoms with Crippen LogP contribution in [0.25, 0.3) is 0 Å². The quantitative estimate of drug-likeness (QED) is 0.903. The highest BCUT2D eigenvalue weighted by Gasteiger charge is 2.17. The van der Waals surface area contributed by atoms with Crippen molar-refractivity contribution in [3.63, 3.8) is 0 Å². The largest absolute Gasteiger partial charge is 0.298 e. The zero-order valence-electron chi connectivity index (χ0n) is 14.6. The van der Waals surface area contributed by atoms with Crippen molar-refractivity contribution in [1.29, 1.82) is 0 Å². The molecule has 1 saturated heterocycles. The highest BCUT2D eigenvalue weighted by atomic mass is 32.1. The number of amides is 1. The normalized spacial score (nSPS) is 16.3. The van der Waals surface area contributed by atoms with Crippen molar-refractivity contribution in [1.82, 2.24) is 9.88 Å². The van der Waals surface area contributed by atoms with Crippen LogP contribution in [0.5, 0.6) is 0 Å². The summed E-state index contributed by atoms with van der Waals surface area (Å²) in [6.07, 6.45) is 2.53. The molecule has 1 aliphatic rings. The first-order chi connectivity index (χ1) is 11.5. The third-order valence-corrected chi connectivity index (χ3v) is 5.47. The van der Waals surface area contributed by atoms with Gasteiger partial charge in [-0.05, 0) is 57.3 Å². The molecule has 0 spiro atoms. The van der Waals surface area contributed by atoms with Gasteiger partial charge in [0, 0.05) is 17.5 Å². The molecule has 0 unspecified atom stereocenters. The lowest BCUT2D eigenvalue weighted by atomic mass is 9.99. The number of nitrogens with one attached hydrogen (secondary N) is 1. The van der Waals surface area contributed by atoms with Crippen molar-refractivity contribution >= 4 is 22.4 Å². The summed E-state index contributed by atoms with van der Waals surface area (Å²) < 4.78 is 0. The van der Waals surface area contributed by atoms with E-state index in [9.17, 15) is 4.79 Å². The van der Waals surface area contributed by atoms with Crippen LogP contribution in [0.4, 0.5) is 5.13 Å². The van der Waals surface area contributed by atoms with E-state index in [1.165, 1.54) is 24.2 Å². The standard InChI is InChI=1S/C19H25N3OS/c1-13-6-8-22(9-7-13)11-16-12-24-19(20-16)21-18(23)17-5-4-14(2)10-15(17)3/h4-5,10,12-13H,6-9,11H2,1-3H3,(H,20,21,23). The molecular formula is C19H25N3OS. The van der Waals surface area contributed by atoms with E-state index >= 15 is 0 Å². The van der Waals surface area contributed by atoms with Crippen molar-refractivity contribution in [2.75, 3.05) is 18.4 Å². The molecule has 0 saturated carbocycles. The minimum Gasteiger partial charge on any atom is -0.298 e. The van der Waals surface area contributed by atoms with Crippen LogP contribution in [0.3, 0.4) is 0 Å². The fourth-order valence-corrected chi connectivity index (χ4v) is 3.82. The summed E-state index contributed by atoms with van der Waals surface area (Å²) in [6.45, 7) is 9.48. The first-order valence-electron chi connectivity index (χ1n) is 8.56. The lowest BCUT2D eigenvalue weighted by molar-refractivity contribution is 0.102. The van der Waals surface area contributed by atoms with Crippen LogP contribution in [-0.4, -0.2) is 28.9 Å². The number of piperidine rings is 1. The minimum atomic E-state index is -0.0832. The Bertz CT molecular complexity index is 717. The molecule has 4 nitrogen and oxygen atoms in total. The zero-order valence-corrected chi connectivity index (χ0v) is 15.4. The van der Waals surface area contributed by atoms with E-state index in [0.717, 1.165) is 42.4 Å². The monoisotopic (exact) mass is 343 g/mol. The summed E-state index contributed by atoms with van der Waals surface area (Å²) in [5, 5.41) is 5.67. The Morgan fingerprint density at radius 1 is 1.33 bits per heavy atom. The molecule has 3 rings (SSSR count). The van der Waals surface area contributed by atoms with E-state index in [0.29, 0.717) is 10.7 Å². The van der Waals surface area contributed by atoms with Crippen molar-refractivity contribution in [3.8, 4) is 0 Å². The first-order valence-corrected chi connectivity index (χ1v) is 9.44. The number of likely N-dealkylation sites (tertiary alicyclic amines) is 1. The van der Waals surface area contributed by atoms with Gasteiger partial charge in [-0.2, -0.15) is 0 Å².